The van der Waals surface area contributed by atoms with Crippen LogP contribution in [0, 0.1) is 0 Å². The number of nitrogens with one attached hydrogen (secondary N) is 1. The molecule has 2 heterocycles. The van der Waals surface area contributed by atoms with E-state index >= 15 is 0 Å². The summed E-state index contributed by atoms with van der Waals surface area (Å²) in [5.74, 6) is -0.767. The van der Waals surface area contributed by atoms with Gasteiger partial charge in [0.1, 0.15) is 16.9 Å². The molecule has 29 heavy (non-hydrogen) atoms. The van der Waals surface area contributed by atoms with E-state index in [-0.39, 0.29) is 18.0 Å². The van der Waals surface area contributed by atoms with Crippen LogP contribution < -0.4 is 10.9 Å². The van der Waals surface area contributed by atoms with E-state index in [4.69, 9.17) is 4.74 Å². The molecule has 1 N–H and O–H groups in total. The molecule has 2 aliphatic rings. The standard InChI is InChI=1S/C21H27N3O4S/c1-28-20(27)21(10-6-3-7-11-21)23-16(25)12-24-13-22-18-17(19(24)26)14-8-4-2-5-9-15(14)29-18/h13H,2-12H2,1H3,(H,23,25). The number of ether oxygens (including phenoxy) is 1. The molecular weight excluding hydrogens is 390 g/mol. The minimum atomic E-state index is -0.981. The molecule has 0 bridgehead atoms. The van der Waals surface area contributed by atoms with Crippen molar-refractivity contribution in [1.29, 1.82) is 0 Å². The number of aryl methyl sites for hydroxylation is 2. The van der Waals surface area contributed by atoms with Crippen LogP contribution in [0.5, 0.6) is 0 Å². The number of thiophene rings is 1. The second kappa shape index (κ2) is 8.26. The summed E-state index contributed by atoms with van der Waals surface area (Å²) in [6.07, 6.45) is 10.6. The Hall–Kier alpha value is -2.22. The Morgan fingerprint density at radius 1 is 1.17 bits per heavy atom. The molecule has 0 atom stereocenters. The molecule has 0 aromatic carbocycles. The van der Waals surface area contributed by atoms with Crippen molar-refractivity contribution in [1.82, 2.24) is 14.9 Å². The molecule has 0 radical (unpaired) electrons. The molecule has 0 saturated heterocycles. The van der Waals surface area contributed by atoms with Crippen LogP contribution in [0.1, 0.15) is 61.8 Å². The van der Waals surface area contributed by atoms with E-state index in [0.29, 0.717) is 18.2 Å². The third-order valence-electron chi connectivity index (χ3n) is 6.17. The van der Waals surface area contributed by atoms with Crippen molar-refractivity contribution in [3.05, 3.63) is 27.1 Å². The highest BCUT2D eigenvalue weighted by atomic mass is 32.1. The summed E-state index contributed by atoms with van der Waals surface area (Å²) < 4.78 is 6.32. The lowest BCUT2D eigenvalue weighted by Gasteiger charge is -2.35. The van der Waals surface area contributed by atoms with Gasteiger partial charge >= 0.3 is 5.97 Å². The number of nitrogens with zero attached hydrogens (tertiary/aromatic N) is 2. The third kappa shape index (κ3) is 3.82. The SMILES string of the molecule is COC(=O)C1(NC(=O)Cn2cnc3sc4c(c3c2=O)CCCCC4)CCCCC1. The van der Waals surface area contributed by atoms with Crippen molar-refractivity contribution >= 4 is 33.4 Å². The number of fused-ring (bicyclic) bond motifs is 3. The molecule has 7 nitrogen and oxygen atoms in total. The Balaban J connectivity index is 1.59. The van der Waals surface area contributed by atoms with Gasteiger partial charge in [-0.2, -0.15) is 0 Å². The normalized spacial score (nSPS) is 18.7. The molecule has 8 heteroatoms. The zero-order valence-electron chi connectivity index (χ0n) is 16.8. The van der Waals surface area contributed by atoms with Crippen LogP contribution in [0.25, 0.3) is 10.2 Å². The first-order valence-corrected chi connectivity index (χ1v) is 11.2. The smallest absolute Gasteiger partial charge is 0.331 e. The molecule has 1 amide bonds. The number of methoxy groups -OCH3 is 1. The quantitative estimate of drug-likeness (QED) is 0.610. The predicted octanol–water partition coefficient (Wildman–Crippen LogP) is 2.72. The van der Waals surface area contributed by atoms with E-state index in [1.807, 2.05) is 0 Å². The highest BCUT2D eigenvalue weighted by Crippen LogP contribution is 2.33. The number of hydrogen-bond donors (Lipinski definition) is 1. The van der Waals surface area contributed by atoms with Gasteiger partial charge in [-0.1, -0.05) is 25.7 Å². The first-order chi connectivity index (χ1) is 14.0. The number of rotatable bonds is 4. The Morgan fingerprint density at radius 3 is 2.66 bits per heavy atom. The van der Waals surface area contributed by atoms with E-state index in [2.05, 4.69) is 10.3 Å². The number of carbonyl (C=O) groups excluding carboxylic acids is 2. The number of amides is 1. The fourth-order valence-electron chi connectivity index (χ4n) is 4.66. The topological polar surface area (TPSA) is 90.3 Å². The Kier molecular flexibility index (Phi) is 5.72. The summed E-state index contributed by atoms with van der Waals surface area (Å²) in [5, 5.41) is 3.54. The molecule has 0 spiro atoms. The van der Waals surface area contributed by atoms with Crippen molar-refractivity contribution in [3.63, 3.8) is 0 Å². The number of esters is 1. The molecule has 0 unspecified atom stereocenters. The van der Waals surface area contributed by atoms with Crippen LogP contribution in [0.2, 0.25) is 0 Å². The van der Waals surface area contributed by atoms with Crippen LogP contribution >= 0.6 is 11.3 Å². The molecule has 156 valence electrons. The lowest BCUT2D eigenvalue weighted by molar-refractivity contribution is -0.152. The van der Waals surface area contributed by atoms with Crippen molar-refractivity contribution in [2.24, 2.45) is 0 Å². The highest BCUT2D eigenvalue weighted by molar-refractivity contribution is 7.18. The summed E-state index contributed by atoms with van der Waals surface area (Å²) >= 11 is 1.60. The molecule has 4 rings (SSSR count). The van der Waals surface area contributed by atoms with Crippen LogP contribution in [-0.4, -0.2) is 34.1 Å². The van der Waals surface area contributed by atoms with E-state index in [0.717, 1.165) is 55.3 Å². The predicted molar refractivity (Wildman–Crippen MR) is 111 cm³/mol. The first kappa shape index (κ1) is 20.1. The number of aromatic nitrogens is 2. The van der Waals surface area contributed by atoms with Gasteiger partial charge in [0.25, 0.3) is 5.56 Å². The second-order valence-corrected chi connectivity index (χ2v) is 9.19. The number of carbonyl (C=O) groups is 2. The Morgan fingerprint density at radius 2 is 1.90 bits per heavy atom. The minimum absolute atomic E-state index is 0.148. The van der Waals surface area contributed by atoms with Crippen molar-refractivity contribution < 1.29 is 14.3 Å². The maximum absolute atomic E-state index is 13.1. The molecule has 2 aromatic heterocycles. The fraction of sp³-hybridized carbons (Fsp3) is 0.619. The van der Waals surface area contributed by atoms with Crippen LogP contribution in [-0.2, 0) is 33.7 Å². The van der Waals surface area contributed by atoms with Crippen LogP contribution in [0.15, 0.2) is 11.1 Å². The van der Waals surface area contributed by atoms with E-state index in [1.54, 1.807) is 11.3 Å². The van der Waals surface area contributed by atoms with Gasteiger partial charge in [-0.3, -0.25) is 14.2 Å². The lowest BCUT2D eigenvalue weighted by atomic mass is 9.81. The monoisotopic (exact) mass is 417 g/mol. The lowest BCUT2D eigenvalue weighted by Crippen LogP contribution is -2.57. The van der Waals surface area contributed by atoms with Gasteiger partial charge in [0.2, 0.25) is 5.91 Å². The molecule has 2 aliphatic carbocycles. The van der Waals surface area contributed by atoms with Crippen LogP contribution in [0.4, 0.5) is 0 Å². The van der Waals surface area contributed by atoms with Gasteiger partial charge in [0.15, 0.2) is 0 Å². The van der Waals surface area contributed by atoms with E-state index in [1.165, 1.54) is 29.3 Å². The van der Waals surface area contributed by atoms with Crippen molar-refractivity contribution in [2.45, 2.75) is 76.3 Å². The first-order valence-electron chi connectivity index (χ1n) is 10.4. The second-order valence-electron chi connectivity index (χ2n) is 8.10. The summed E-state index contributed by atoms with van der Waals surface area (Å²) in [6, 6.07) is 0. The summed E-state index contributed by atoms with van der Waals surface area (Å²) in [5.41, 5.74) is -0.0293. The summed E-state index contributed by atoms with van der Waals surface area (Å²) in [6.45, 7) is -0.148. The fourth-order valence-corrected chi connectivity index (χ4v) is 5.88. The van der Waals surface area contributed by atoms with Gasteiger partial charge in [0.05, 0.1) is 18.8 Å². The van der Waals surface area contributed by atoms with Gasteiger partial charge in [-0.15, -0.1) is 11.3 Å². The summed E-state index contributed by atoms with van der Waals surface area (Å²) in [4.78, 5) is 44.7. The van der Waals surface area contributed by atoms with Crippen molar-refractivity contribution in [3.8, 4) is 0 Å². The van der Waals surface area contributed by atoms with E-state index in [9.17, 15) is 14.4 Å². The van der Waals surface area contributed by atoms with Gasteiger partial charge < -0.3 is 10.1 Å². The molecule has 2 aromatic rings. The van der Waals surface area contributed by atoms with Gasteiger partial charge in [0, 0.05) is 4.88 Å². The van der Waals surface area contributed by atoms with Crippen LogP contribution in [0.3, 0.4) is 0 Å². The Bertz CT molecular complexity index is 988. The van der Waals surface area contributed by atoms with Crippen molar-refractivity contribution in [2.75, 3.05) is 7.11 Å². The maximum atomic E-state index is 13.1. The average molecular weight is 418 g/mol. The van der Waals surface area contributed by atoms with Gasteiger partial charge in [-0.25, -0.2) is 9.78 Å². The zero-order chi connectivity index (χ0) is 20.4. The maximum Gasteiger partial charge on any atom is 0.331 e. The molecule has 1 saturated carbocycles. The summed E-state index contributed by atoms with van der Waals surface area (Å²) in [7, 11) is 1.34. The molecule has 1 fully saturated rings. The zero-order valence-corrected chi connectivity index (χ0v) is 17.6. The minimum Gasteiger partial charge on any atom is -0.467 e. The average Bonchev–Trinajstić information content (AvgIpc) is 2.92. The highest BCUT2D eigenvalue weighted by Gasteiger charge is 2.42. The largest absolute Gasteiger partial charge is 0.467 e. The third-order valence-corrected chi connectivity index (χ3v) is 7.37. The molecular formula is C21H27N3O4S. The Labute approximate surface area is 173 Å². The van der Waals surface area contributed by atoms with Gasteiger partial charge in [-0.05, 0) is 44.1 Å². The van der Waals surface area contributed by atoms with E-state index < -0.39 is 11.5 Å². The molecule has 0 aliphatic heterocycles. The number of hydrogen-bond acceptors (Lipinski definition) is 6.